The molecular weight excluding hydrogens is 674 g/mol. The van der Waals surface area contributed by atoms with Crippen molar-refractivity contribution in [2.24, 2.45) is 23.7 Å². The van der Waals surface area contributed by atoms with Crippen molar-refractivity contribution in [2.75, 3.05) is 28.4 Å². The lowest BCUT2D eigenvalue weighted by atomic mass is 9.73. The van der Waals surface area contributed by atoms with Crippen molar-refractivity contribution in [1.82, 2.24) is 9.97 Å². The molecular formula is C40H44F2N2O8. The van der Waals surface area contributed by atoms with E-state index >= 15 is 0 Å². The molecule has 0 amide bonds. The van der Waals surface area contributed by atoms with E-state index in [-0.39, 0.29) is 35.3 Å². The van der Waals surface area contributed by atoms with Crippen LogP contribution in [0.3, 0.4) is 0 Å². The lowest BCUT2D eigenvalue weighted by Crippen LogP contribution is -2.35. The highest BCUT2D eigenvalue weighted by atomic mass is 19.1. The maximum absolute atomic E-state index is 13.7. The van der Waals surface area contributed by atoms with Gasteiger partial charge in [0, 0.05) is 23.2 Å². The summed E-state index contributed by atoms with van der Waals surface area (Å²) in [5.74, 6) is -4.21. The van der Waals surface area contributed by atoms with Crippen molar-refractivity contribution in [3.8, 4) is 0 Å². The van der Waals surface area contributed by atoms with E-state index in [1.807, 2.05) is 12.1 Å². The van der Waals surface area contributed by atoms with Crippen LogP contribution in [0.1, 0.15) is 74.3 Å². The lowest BCUT2D eigenvalue weighted by molar-refractivity contribution is -0.164. The Morgan fingerprint density at radius 2 is 0.865 bits per heavy atom. The van der Waals surface area contributed by atoms with Gasteiger partial charge < -0.3 is 18.9 Å². The van der Waals surface area contributed by atoms with Crippen molar-refractivity contribution in [1.29, 1.82) is 0 Å². The summed E-state index contributed by atoms with van der Waals surface area (Å²) >= 11 is 0. The Balaban J connectivity index is 0.000000201. The molecule has 0 saturated heterocycles. The van der Waals surface area contributed by atoms with Crippen LogP contribution in [-0.2, 0) is 38.1 Å². The van der Waals surface area contributed by atoms with Gasteiger partial charge in [0.15, 0.2) is 11.8 Å². The third kappa shape index (κ3) is 8.54. The summed E-state index contributed by atoms with van der Waals surface area (Å²) in [5, 5.41) is 1.65. The predicted octanol–water partition coefficient (Wildman–Crippen LogP) is 7.22. The molecule has 0 radical (unpaired) electrons. The van der Waals surface area contributed by atoms with E-state index in [0.717, 1.165) is 58.6 Å². The first-order valence-corrected chi connectivity index (χ1v) is 17.5. The largest absolute Gasteiger partial charge is 0.468 e. The molecule has 4 aromatic rings. The van der Waals surface area contributed by atoms with Gasteiger partial charge in [-0.15, -0.1) is 0 Å². The molecule has 0 bridgehead atoms. The molecule has 2 heterocycles. The second-order valence-electron chi connectivity index (χ2n) is 13.4. The van der Waals surface area contributed by atoms with Gasteiger partial charge in [-0.05, 0) is 135 Å². The number of ether oxygens (including phenoxy) is 4. The van der Waals surface area contributed by atoms with E-state index in [4.69, 9.17) is 18.9 Å². The normalized spacial score (nSPS) is 20.2. The highest BCUT2D eigenvalue weighted by molar-refractivity contribution is 5.96. The first kappa shape index (κ1) is 38.2. The van der Waals surface area contributed by atoms with Crippen molar-refractivity contribution in [3.05, 3.63) is 83.7 Å². The number of hydrogen-bond donors (Lipinski definition) is 0. The monoisotopic (exact) mass is 718 g/mol. The average molecular weight is 719 g/mol. The van der Waals surface area contributed by atoms with Crippen molar-refractivity contribution in [3.63, 3.8) is 0 Å². The second-order valence-corrected chi connectivity index (χ2v) is 13.4. The quantitative estimate of drug-likeness (QED) is 0.105. The number of aromatic nitrogens is 2. The molecule has 0 unspecified atom stereocenters. The Kier molecular flexibility index (Phi) is 12.9. The second kappa shape index (κ2) is 17.5. The van der Waals surface area contributed by atoms with Crippen LogP contribution in [0.4, 0.5) is 8.78 Å². The molecule has 2 aliphatic carbocycles. The number of fused-ring (bicyclic) bond motifs is 2. The number of esters is 4. The van der Waals surface area contributed by atoms with Gasteiger partial charge in [0.1, 0.15) is 11.6 Å². The Morgan fingerprint density at radius 3 is 1.17 bits per heavy atom. The number of halogens is 2. The standard InChI is InChI=1S/2C20H22FNO4/c2*1-25-19(23)18(20(24)26-2)13-5-3-12(4-6-13)15-9-10-22-17-8-7-14(21)11-16(15)17/h2*7-13,18H,3-6H2,1-2H3. The van der Waals surface area contributed by atoms with Crippen LogP contribution in [0.15, 0.2) is 60.9 Å². The van der Waals surface area contributed by atoms with Crippen LogP contribution in [0.25, 0.3) is 21.8 Å². The van der Waals surface area contributed by atoms with Gasteiger partial charge in [0.05, 0.1) is 39.5 Å². The van der Waals surface area contributed by atoms with E-state index in [9.17, 15) is 28.0 Å². The topological polar surface area (TPSA) is 131 Å². The lowest BCUT2D eigenvalue weighted by Gasteiger charge is -2.32. The van der Waals surface area contributed by atoms with Crippen LogP contribution in [0, 0.1) is 35.3 Å². The molecule has 276 valence electrons. The molecule has 6 rings (SSSR count). The number of nitrogens with zero attached hydrogens (tertiary/aromatic N) is 2. The molecule has 0 atom stereocenters. The summed E-state index contributed by atoms with van der Waals surface area (Å²) in [6, 6.07) is 13.1. The third-order valence-electron chi connectivity index (χ3n) is 10.7. The number of benzene rings is 2. The van der Waals surface area contributed by atoms with Gasteiger partial charge in [0.2, 0.25) is 0 Å². The van der Waals surface area contributed by atoms with E-state index in [0.29, 0.717) is 25.7 Å². The minimum absolute atomic E-state index is 0.101. The number of carbonyl (C=O) groups is 4. The SMILES string of the molecule is COC(=O)C(C(=O)OC)C1CCC(c2ccnc3ccc(F)cc23)CC1.COC(=O)C(C(=O)OC)C1CCC(c2ccnc3ccc(F)cc23)CC1. The van der Waals surface area contributed by atoms with E-state index in [1.54, 1.807) is 24.5 Å². The maximum Gasteiger partial charge on any atom is 0.320 e. The van der Waals surface area contributed by atoms with Gasteiger partial charge in [-0.25, -0.2) is 8.78 Å². The van der Waals surface area contributed by atoms with Gasteiger partial charge in [-0.3, -0.25) is 29.1 Å². The van der Waals surface area contributed by atoms with Crippen molar-refractivity contribution >= 4 is 45.7 Å². The minimum Gasteiger partial charge on any atom is -0.468 e. The van der Waals surface area contributed by atoms with Gasteiger partial charge in [-0.2, -0.15) is 0 Å². The summed E-state index contributed by atoms with van der Waals surface area (Å²) in [6.07, 6.45) is 9.56. The Morgan fingerprint density at radius 1 is 0.538 bits per heavy atom. The van der Waals surface area contributed by atoms with Gasteiger partial charge in [-0.1, -0.05) is 0 Å². The summed E-state index contributed by atoms with van der Waals surface area (Å²) < 4.78 is 46.5. The number of carbonyl (C=O) groups excluding carboxylic acids is 4. The van der Waals surface area contributed by atoms with E-state index < -0.39 is 35.7 Å². The fourth-order valence-corrected chi connectivity index (χ4v) is 7.99. The first-order valence-electron chi connectivity index (χ1n) is 17.5. The Hall–Kier alpha value is -5.00. The smallest absolute Gasteiger partial charge is 0.320 e. The minimum atomic E-state index is -0.877. The predicted molar refractivity (Wildman–Crippen MR) is 188 cm³/mol. The zero-order chi connectivity index (χ0) is 37.4. The highest BCUT2D eigenvalue weighted by Crippen LogP contribution is 2.43. The van der Waals surface area contributed by atoms with Crippen LogP contribution in [-0.4, -0.2) is 62.3 Å². The zero-order valence-electron chi connectivity index (χ0n) is 29.8. The fourth-order valence-electron chi connectivity index (χ4n) is 7.99. The number of hydrogen-bond acceptors (Lipinski definition) is 10. The summed E-state index contributed by atoms with van der Waals surface area (Å²) in [5.41, 5.74) is 3.68. The molecule has 52 heavy (non-hydrogen) atoms. The van der Waals surface area contributed by atoms with Crippen molar-refractivity contribution < 1.29 is 46.9 Å². The third-order valence-corrected chi connectivity index (χ3v) is 10.7. The number of pyridine rings is 2. The van der Waals surface area contributed by atoms with Crippen LogP contribution in [0.2, 0.25) is 0 Å². The molecule has 2 aromatic carbocycles. The molecule has 2 aromatic heterocycles. The Labute approximate surface area is 301 Å². The van der Waals surface area contributed by atoms with Crippen LogP contribution in [0.5, 0.6) is 0 Å². The van der Waals surface area contributed by atoms with Gasteiger partial charge in [0.25, 0.3) is 0 Å². The van der Waals surface area contributed by atoms with E-state index in [1.165, 1.54) is 52.7 Å². The Bertz CT molecular complexity index is 1730. The number of methoxy groups -OCH3 is 4. The fraction of sp³-hybridized carbons (Fsp3) is 0.450. The number of rotatable bonds is 8. The van der Waals surface area contributed by atoms with Crippen LogP contribution < -0.4 is 0 Å². The van der Waals surface area contributed by atoms with Crippen molar-refractivity contribution in [2.45, 2.75) is 63.2 Å². The first-order chi connectivity index (χ1) is 25.1. The molecule has 2 saturated carbocycles. The van der Waals surface area contributed by atoms with Crippen LogP contribution >= 0.6 is 0 Å². The molecule has 2 aliphatic rings. The highest BCUT2D eigenvalue weighted by Gasteiger charge is 2.40. The molecule has 0 spiro atoms. The zero-order valence-corrected chi connectivity index (χ0v) is 29.8. The molecule has 0 aliphatic heterocycles. The molecule has 10 nitrogen and oxygen atoms in total. The molecule has 12 heteroatoms. The summed E-state index contributed by atoms with van der Waals surface area (Å²) in [4.78, 5) is 56.6. The summed E-state index contributed by atoms with van der Waals surface area (Å²) in [6.45, 7) is 0. The molecule has 2 fully saturated rings. The average Bonchev–Trinajstić information content (AvgIpc) is 3.18. The molecule has 0 N–H and O–H groups in total. The van der Waals surface area contributed by atoms with Gasteiger partial charge >= 0.3 is 23.9 Å². The maximum atomic E-state index is 13.7. The van der Waals surface area contributed by atoms with E-state index in [2.05, 4.69) is 9.97 Å². The summed E-state index contributed by atoms with van der Waals surface area (Å²) in [7, 11) is 5.12.